The normalized spacial score (nSPS) is 18.7. The van der Waals surface area contributed by atoms with Gasteiger partial charge in [-0.05, 0) is 37.4 Å². The quantitative estimate of drug-likeness (QED) is 0.848. The second-order valence-electron chi connectivity index (χ2n) is 5.14. The van der Waals surface area contributed by atoms with Crippen molar-refractivity contribution in [3.05, 3.63) is 30.1 Å². The summed E-state index contributed by atoms with van der Waals surface area (Å²) in [5, 5.41) is 0. The van der Waals surface area contributed by atoms with Gasteiger partial charge >= 0.3 is 0 Å². The molecule has 0 aromatic carbocycles. The van der Waals surface area contributed by atoms with E-state index in [1.165, 1.54) is 0 Å². The molecular weight excluding hydrogens is 238 g/mol. The van der Waals surface area contributed by atoms with Crippen molar-refractivity contribution >= 4 is 0 Å². The lowest BCUT2D eigenvalue weighted by molar-refractivity contribution is 0.0264. The Bertz CT molecular complexity index is 352. The van der Waals surface area contributed by atoms with Crippen LogP contribution in [0.25, 0.3) is 0 Å². The van der Waals surface area contributed by atoms with E-state index in [1.807, 2.05) is 18.3 Å². The first-order valence-corrected chi connectivity index (χ1v) is 7.27. The Hall–Kier alpha value is -0.970. The van der Waals surface area contributed by atoms with Crippen molar-refractivity contribution in [2.45, 2.75) is 32.4 Å². The number of ether oxygens (including phenoxy) is 1. The molecule has 4 heteroatoms. The second-order valence-corrected chi connectivity index (χ2v) is 5.14. The summed E-state index contributed by atoms with van der Waals surface area (Å²) in [6.45, 7) is 6.56. The molecule has 19 heavy (non-hydrogen) atoms. The maximum Gasteiger partial charge on any atom is 0.0544 e. The molecule has 0 saturated carbocycles. The van der Waals surface area contributed by atoms with Gasteiger partial charge in [0, 0.05) is 38.5 Å². The van der Waals surface area contributed by atoms with E-state index in [0.29, 0.717) is 18.5 Å². The molecule has 1 atom stereocenters. The molecule has 1 aromatic rings. The molecule has 0 spiro atoms. The van der Waals surface area contributed by atoms with Crippen LogP contribution in [0.5, 0.6) is 0 Å². The first-order valence-electron chi connectivity index (χ1n) is 7.27. The van der Waals surface area contributed by atoms with Gasteiger partial charge in [0.25, 0.3) is 0 Å². The van der Waals surface area contributed by atoms with E-state index in [1.54, 1.807) is 0 Å². The van der Waals surface area contributed by atoms with Gasteiger partial charge in [-0.15, -0.1) is 0 Å². The summed E-state index contributed by atoms with van der Waals surface area (Å²) in [5.74, 6) is 0.655. The zero-order valence-corrected chi connectivity index (χ0v) is 11.8. The summed E-state index contributed by atoms with van der Waals surface area (Å²) < 4.78 is 5.45. The van der Waals surface area contributed by atoms with E-state index in [2.05, 4.69) is 22.9 Å². The topological polar surface area (TPSA) is 51.4 Å². The number of nitrogens with zero attached hydrogens (tertiary/aromatic N) is 2. The van der Waals surface area contributed by atoms with E-state index in [-0.39, 0.29) is 0 Å². The second kappa shape index (κ2) is 7.58. The lowest BCUT2D eigenvalue weighted by Gasteiger charge is -2.37. The zero-order chi connectivity index (χ0) is 13.5. The zero-order valence-electron chi connectivity index (χ0n) is 11.8. The number of hydrogen-bond donors (Lipinski definition) is 1. The summed E-state index contributed by atoms with van der Waals surface area (Å²) in [5.41, 5.74) is 7.15. The Balaban J connectivity index is 2.01. The van der Waals surface area contributed by atoms with Crippen LogP contribution in [0.2, 0.25) is 0 Å². The molecule has 2 heterocycles. The lowest BCUT2D eigenvalue weighted by Crippen LogP contribution is -2.46. The van der Waals surface area contributed by atoms with E-state index >= 15 is 0 Å². The summed E-state index contributed by atoms with van der Waals surface area (Å²) in [6, 6.07) is 6.52. The van der Waals surface area contributed by atoms with Crippen molar-refractivity contribution < 1.29 is 4.74 Å². The smallest absolute Gasteiger partial charge is 0.0544 e. The van der Waals surface area contributed by atoms with E-state index in [4.69, 9.17) is 10.5 Å². The molecule has 1 fully saturated rings. The Morgan fingerprint density at radius 3 is 2.79 bits per heavy atom. The maximum atomic E-state index is 6.03. The molecule has 0 bridgehead atoms. The maximum absolute atomic E-state index is 6.03. The van der Waals surface area contributed by atoms with Gasteiger partial charge in [0.05, 0.1) is 5.69 Å². The van der Waals surface area contributed by atoms with Gasteiger partial charge in [0.15, 0.2) is 0 Å². The molecule has 1 aromatic heterocycles. The molecule has 1 saturated heterocycles. The average molecular weight is 263 g/mol. The minimum atomic E-state index is 0.441. The fraction of sp³-hybridized carbons (Fsp3) is 0.667. The van der Waals surface area contributed by atoms with Crippen LogP contribution in [0, 0.1) is 5.92 Å². The number of hydrogen-bond acceptors (Lipinski definition) is 4. The first kappa shape index (κ1) is 14.4. The van der Waals surface area contributed by atoms with E-state index in [9.17, 15) is 0 Å². The van der Waals surface area contributed by atoms with E-state index < -0.39 is 0 Å². The van der Waals surface area contributed by atoms with Crippen LogP contribution in [-0.4, -0.2) is 42.2 Å². The summed E-state index contributed by atoms with van der Waals surface area (Å²) in [6.07, 6.45) is 4.11. The van der Waals surface area contributed by atoms with Crippen LogP contribution in [0.1, 0.15) is 25.5 Å². The molecule has 1 aliphatic heterocycles. The van der Waals surface area contributed by atoms with Gasteiger partial charge in [-0.1, -0.05) is 13.0 Å². The van der Waals surface area contributed by atoms with E-state index in [0.717, 1.165) is 44.8 Å². The number of aromatic nitrogens is 1. The average Bonchev–Trinajstić information content (AvgIpc) is 2.49. The molecule has 4 nitrogen and oxygen atoms in total. The van der Waals surface area contributed by atoms with Gasteiger partial charge in [0.1, 0.15) is 0 Å². The van der Waals surface area contributed by atoms with Crippen LogP contribution in [0.4, 0.5) is 0 Å². The Labute approximate surface area is 116 Å². The van der Waals surface area contributed by atoms with Gasteiger partial charge in [-0.25, -0.2) is 0 Å². The van der Waals surface area contributed by atoms with Crippen LogP contribution < -0.4 is 5.73 Å². The third-order valence-corrected chi connectivity index (χ3v) is 4.02. The Morgan fingerprint density at radius 2 is 2.21 bits per heavy atom. The minimum Gasteiger partial charge on any atom is -0.381 e. The van der Waals surface area contributed by atoms with Crippen LogP contribution in [-0.2, 0) is 11.3 Å². The largest absolute Gasteiger partial charge is 0.381 e. The summed E-state index contributed by atoms with van der Waals surface area (Å²) >= 11 is 0. The molecule has 1 aliphatic rings. The fourth-order valence-corrected chi connectivity index (χ4v) is 2.90. The number of pyridine rings is 1. The summed E-state index contributed by atoms with van der Waals surface area (Å²) in [7, 11) is 0. The van der Waals surface area contributed by atoms with Crippen molar-refractivity contribution in [1.82, 2.24) is 9.88 Å². The molecule has 106 valence electrons. The van der Waals surface area contributed by atoms with Gasteiger partial charge < -0.3 is 10.5 Å². The highest BCUT2D eigenvalue weighted by molar-refractivity contribution is 5.03. The highest BCUT2D eigenvalue weighted by atomic mass is 16.5. The lowest BCUT2D eigenvalue weighted by atomic mass is 9.90. The van der Waals surface area contributed by atoms with Crippen LogP contribution in [0.15, 0.2) is 24.4 Å². The highest BCUT2D eigenvalue weighted by Gasteiger charge is 2.27. The van der Waals surface area contributed by atoms with Crippen molar-refractivity contribution in [3.8, 4) is 0 Å². The Morgan fingerprint density at radius 1 is 1.42 bits per heavy atom. The number of likely N-dealkylation sites (N-methyl/N-ethyl adjacent to an activating group) is 1. The van der Waals surface area contributed by atoms with Crippen molar-refractivity contribution in [2.24, 2.45) is 11.7 Å². The standard InChI is InChI=1S/C15H25N3O/c1-2-18(12-14-5-3-4-8-17-14)15(11-16)13-6-9-19-10-7-13/h3-5,8,13,15H,2,6-7,9-12,16H2,1H3. The van der Waals surface area contributed by atoms with Gasteiger partial charge in [-0.3, -0.25) is 9.88 Å². The molecule has 0 aliphatic carbocycles. The molecule has 0 radical (unpaired) electrons. The fourth-order valence-electron chi connectivity index (χ4n) is 2.90. The van der Waals surface area contributed by atoms with Crippen molar-refractivity contribution in [3.63, 3.8) is 0 Å². The molecule has 2 rings (SSSR count). The van der Waals surface area contributed by atoms with Gasteiger partial charge in [0.2, 0.25) is 0 Å². The van der Waals surface area contributed by atoms with Gasteiger partial charge in [-0.2, -0.15) is 0 Å². The predicted molar refractivity (Wildman–Crippen MR) is 76.7 cm³/mol. The van der Waals surface area contributed by atoms with Crippen molar-refractivity contribution in [1.29, 1.82) is 0 Å². The Kier molecular flexibility index (Phi) is 5.76. The highest BCUT2D eigenvalue weighted by Crippen LogP contribution is 2.23. The van der Waals surface area contributed by atoms with Crippen LogP contribution >= 0.6 is 0 Å². The third-order valence-electron chi connectivity index (χ3n) is 4.02. The number of nitrogens with two attached hydrogens (primary N) is 1. The third kappa shape index (κ3) is 4.00. The summed E-state index contributed by atoms with van der Waals surface area (Å²) in [4.78, 5) is 6.88. The monoisotopic (exact) mass is 263 g/mol. The molecular formula is C15H25N3O. The number of rotatable bonds is 6. The first-order chi connectivity index (χ1) is 9.35. The SMILES string of the molecule is CCN(Cc1ccccn1)C(CN)C1CCOCC1. The molecule has 0 amide bonds. The predicted octanol–water partition coefficient (Wildman–Crippen LogP) is 1.66. The minimum absolute atomic E-state index is 0.441. The molecule has 1 unspecified atom stereocenters. The van der Waals surface area contributed by atoms with Crippen LogP contribution in [0.3, 0.4) is 0 Å². The van der Waals surface area contributed by atoms with Crippen molar-refractivity contribution in [2.75, 3.05) is 26.3 Å². The molecule has 2 N–H and O–H groups in total.